The van der Waals surface area contributed by atoms with E-state index in [-0.39, 0.29) is 33.9 Å². The number of sulfone groups is 1. The second kappa shape index (κ2) is 7.06. The van der Waals surface area contributed by atoms with Gasteiger partial charge in [0.1, 0.15) is 5.82 Å². The van der Waals surface area contributed by atoms with Gasteiger partial charge in [0.15, 0.2) is 5.76 Å². The largest absolute Gasteiger partial charge is 0.459 e. The molecular formula is C19H19FN2O5S. The summed E-state index contributed by atoms with van der Waals surface area (Å²) in [5.74, 6) is -0.0206. The number of furan rings is 1. The van der Waals surface area contributed by atoms with Crippen LogP contribution in [0, 0.1) is 5.82 Å². The van der Waals surface area contributed by atoms with Crippen LogP contribution in [0.4, 0.5) is 10.3 Å². The van der Waals surface area contributed by atoms with Crippen molar-refractivity contribution in [2.45, 2.75) is 36.0 Å². The summed E-state index contributed by atoms with van der Waals surface area (Å²) in [6.45, 7) is 4.70. The number of aromatic nitrogens is 1. The molecule has 0 amide bonds. The minimum absolute atomic E-state index is 0.0625. The third-order valence-corrected chi connectivity index (χ3v) is 6.06. The van der Waals surface area contributed by atoms with Crippen LogP contribution in [-0.4, -0.2) is 38.7 Å². The number of halogens is 1. The topological polar surface area (TPSA) is 85.8 Å². The van der Waals surface area contributed by atoms with Crippen molar-refractivity contribution < 1.29 is 26.4 Å². The van der Waals surface area contributed by atoms with Crippen molar-refractivity contribution in [2.24, 2.45) is 0 Å². The summed E-state index contributed by atoms with van der Waals surface area (Å²) in [6.07, 6.45) is 1.23. The quantitative estimate of drug-likeness (QED) is 0.613. The van der Waals surface area contributed by atoms with Crippen LogP contribution in [0.15, 0.2) is 61.4 Å². The summed E-state index contributed by atoms with van der Waals surface area (Å²) in [5.41, 5.74) is 0. The van der Waals surface area contributed by atoms with Gasteiger partial charge in [-0.05, 0) is 50.2 Å². The van der Waals surface area contributed by atoms with E-state index in [4.69, 9.17) is 13.6 Å². The SMILES string of the molecule is C[C@@H]1CN(c2oc(-c3ccco3)nc2S(=O)(=O)c2ccc(F)cc2)C[C@H](C)O1. The Labute approximate surface area is 161 Å². The first-order chi connectivity index (χ1) is 13.3. The highest BCUT2D eigenvalue weighted by molar-refractivity contribution is 7.91. The Morgan fingerprint density at radius 2 is 1.79 bits per heavy atom. The normalized spacial score (nSPS) is 20.5. The smallest absolute Gasteiger partial charge is 0.266 e. The molecule has 3 aromatic rings. The van der Waals surface area contributed by atoms with E-state index in [9.17, 15) is 12.8 Å². The first-order valence-corrected chi connectivity index (χ1v) is 10.3. The molecule has 148 valence electrons. The summed E-state index contributed by atoms with van der Waals surface area (Å²) in [7, 11) is -4.04. The minimum atomic E-state index is -4.04. The lowest BCUT2D eigenvalue weighted by atomic mass is 10.2. The van der Waals surface area contributed by atoms with Crippen molar-refractivity contribution in [3.63, 3.8) is 0 Å². The number of morpholine rings is 1. The van der Waals surface area contributed by atoms with Crippen LogP contribution in [0.5, 0.6) is 0 Å². The van der Waals surface area contributed by atoms with Crippen molar-refractivity contribution in [1.29, 1.82) is 0 Å². The van der Waals surface area contributed by atoms with E-state index in [2.05, 4.69) is 4.98 Å². The Morgan fingerprint density at radius 3 is 2.39 bits per heavy atom. The van der Waals surface area contributed by atoms with Gasteiger partial charge in [-0.1, -0.05) is 0 Å². The number of anilines is 1. The molecule has 1 aromatic carbocycles. The molecule has 2 atom stereocenters. The van der Waals surface area contributed by atoms with Gasteiger partial charge in [-0.25, -0.2) is 12.8 Å². The average Bonchev–Trinajstić information content (AvgIpc) is 3.31. The number of rotatable bonds is 4. The fraction of sp³-hybridized carbons (Fsp3) is 0.316. The fourth-order valence-corrected chi connectivity index (χ4v) is 4.57. The third kappa shape index (κ3) is 3.43. The van der Waals surface area contributed by atoms with E-state index in [1.54, 1.807) is 17.0 Å². The van der Waals surface area contributed by atoms with E-state index in [0.29, 0.717) is 18.8 Å². The molecule has 3 heterocycles. The molecule has 0 N–H and O–H groups in total. The number of nitrogens with zero attached hydrogens (tertiary/aromatic N) is 2. The van der Waals surface area contributed by atoms with E-state index in [1.165, 1.54) is 18.4 Å². The highest BCUT2D eigenvalue weighted by Crippen LogP contribution is 2.36. The summed E-state index contributed by atoms with van der Waals surface area (Å²) >= 11 is 0. The fourth-order valence-electron chi connectivity index (χ4n) is 3.25. The standard InChI is InChI=1S/C19H19FN2O5S/c1-12-10-22(11-13(2)26-12)19-18(21-17(27-19)16-4-3-9-25-16)28(23,24)15-7-5-14(20)6-8-15/h3-9,12-13H,10-11H2,1-2H3/t12-,13+. The Bertz CT molecular complexity index is 1050. The van der Waals surface area contributed by atoms with Crippen molar-refractivity contribution >= 4 is 15.7 Å². The maximum absolute atomic E-state index is 13.3. The molecule has 2 aromatic heterocycles. The molecule has 1 aliphatic rings. The van der Waals surface area contributed by atoms with Gasteiger partial charge in [-0.15, -0.1) is 0 Å². The molecule has 1 saturated heterocycles. The first kappa shape index (κ1) is 18.7. The zero-order chi connectivity index (χ0) is 19.9. The number of hydrogen-bond acceptors (Lipinski definition) is 7. The molecule has 28 heavy (non-hydrogen) atoms. The molecule has 1 fully saturated rings. The lowest BCUT2D eigenvalue weighted by Gasteiger charge is -2.35. The Morgan fingerprint density at radius 1 is 1.11 bits per heavy atom. The molecule has 0 saturated carbocycles. The summed E-state index contributed by atoms with van der Waals surface area (Å²) in [5, 5.41) is -0.230. The van der Waals surface area contributed by atoms with Gasteiger partial charge < -0.3 is 18.5 Å². The van der Waals surface area contributed by atoms with Crippen molar-refractivity contribution in [3.8, 4) is 11.7 Å². The second-order valence-corrected chi connectivity index (χ2v) is 8.59. The van der Waals surface area contributed by atoms with Crippen LogP contribution in [0.25, 0.3) is 11.7 Å². The lowest BCUT2D eigenvalue weighted by Crippen LogP contribution is -2.45. The minimum Gasteiger partial charge on any atom is -0.459 e. The molecule has 7 nitrogen and oxygen atoms in total. The van der Waals surface area contributed by atoms with Gasteiger partial charge in [0.25, 0.3) is 5.89 Å². The van der Waals surface area contributed by atoms with E-state index in [1.807, 2.05) is 13.8 Å². The van der Waals surface area contributed by atoms with Gasteiger partial charge >= 0.3 is 0 Å². The predicted molar refractivity (Wildman–Crippen MR) is 98.3 cm³/mol. The van der Waals surface area contributed by atoms with Crippen LogP contribution in [-0.2, 0) is 14.6 Å². The first-order valence-electron chi connectivity index (χ1n) is 8.80. The van der Waals surface area contributed by atoms with Crippen LogP contribution < -0.4 is 4.90 Å². The van der Waals surface area contributed by atoms with E-state index < -0.39 is 15.7 Å². The maximum Gasteiger partial charge on any atom is 0.266 e. The molecule has 0 spiro atoms. The van der Waals surface area contributed by atoms with Crippen molar-refractivity contribution in [2.75, 3.05) is 18.0 Å². The van der Waals surface area contributed by atoms with Gasteiger partial charge in [-0.3, -0.25) is 0 Å². The van der Waals surface area contributed by atoms with E-state index >= 15 is 0 Å². The van der Waals surface area contributed by atoms with E-state index in [0.717, 1.165) is 12.1 Å². The Hall–Kier alpha value is -2.65. The monoisotopic (exact) mass is 406 g/mol. The van der Waals surface area contributed by atoms with Crippen LogP contribution in [0.1, 0.15) is 13.8 Å². The van der Waals surface area contributed by atoms with Crippen molar-refractivity contribution in [1.82, 2.24) is 4.98 Å². The van der Waals surface area contributed by atoms with Gasteiger partial charge in [0.05, 0.1) is 23.4 Å². The summed E-state index contributed by atoms with van der Waals surface area (Å²) in [4.78, 5) is 5.96. The molecule has 0 aliphatic carbocycles. The molecule has 0 bridgehead atoms. The second-order valence-electron chi connectivity index (χ2n) is 6.73. The van der Waals surface area contributed by atoms with Crippen LogP contribution >= 0.6 is 0 Å². The lowest BCUT2D eigenvalue weighted by molar-refractivity contribution is -0.00657. The number of ether oxygens (including phenoxy) is 1. The predicted octanol–water partition coefficient (Wildman–Crippen LogP) is 3.52. The Kier molecular flexibility index (Phi) is 4.72. The number of benzene rings is 1. The molecule has 0 unspecified atom stereocenters. The van der Waals surface area contributed by atoms with Gasteiger partial charge in [-0.2, -0.15) is 4.98 Å². The molecule has 9 heteroatoms. The van der Waals surface area contributed by atoms with Crippen LogP contribution in [0.2, 0.25) is 0 Å². The zero-order valence-electron chi connectivity index (χ0n) is 15.3. The average molecular weight is 406 g/mol. The molecule has 4 rings (SSSR count). The Balaban J connectivity index is 1.84. The molecule has 0 radical (unpaired) electrons. The summed E-state index contributed by atoms with van der Waals surface area (Å²) < 4.78 is 56.6. The molecule has 1 aliphatic heterocycles. The van der Waals surface area contributed by atoms with Gasteiger partial charge in [0, 0.05) is 13.1 Å². The van der Waals surface area contributed by atoms with Crippen LogP contribution in [0.3, 0.4) is 0 Å². The molecular weight excluding hydrogens is 387 g/mol. The highest BCUT2D eigenvalue weighted by atomic mass is 32.2. The maximum atomic E-state index is 13.3. The van der Waals surface area contributed by atoms with Crippen molar-refractivity contribution in [3.05, 3.63) is 48.5 Å². The van der Waals surface area contributed by atoms with Gasteiger partial charge in [0.2, 0.25) is 20.7 Å². The highest BCUT2D eigenvalue weighted by Gasteiger charge is 2.34. The third-order valence-electron chi connectivity index (χ3n) is 4.40. The summed E-state index contributed by atoms with van der Waals surface area (Å²) in [6, 6.07) is 7.90. The number of oxazole rings is 1. The zero-order valence-corrected chi connectivity index (χ0v) is 16.1. The number of hydrogen-bond donors (Lipinski definition) is 0.